The highest BCUT2D eigenvalue weighted by Crippen LogP contribution is 2.34. The van der Waals surface area contributed by atoms with E-state index in [9.17, 15) is 8.78 Å². The number of nitrogen functional groups attached to an aromatic ring is 1. The number of halogens is 2. The second kappa shape index (κ2) is 6.27. The molecule has 0 saturated heterocycles. The van der Waals surface area contributed by atoms with Gasteiger partial charge in [0.05, 0.1) is 0 Å². The second-order valence-corrected chi connectivity index (χ2v) is 5.90. The van der Waals surface area contributed by atoms with Crippen LogP contribution in [0.2, 0.25) is 0 Å². The van der Waals surface area contributed by atoms with Crippen LogP contribution in [0.1, 0.15) is 28.7 Å². The maximum Gasteiger partial charge on any atom is 0.265 e. The Labute approximate surface area is 122 Å². The van der Waals surface area contributed by atoms with Crippen LogP contribution in [0.5, 0.6) is 0 Å². The summed E-state index contributed by atoms with van der Waals surface area (Å²) in [6.07, 6.45) is -2.50. The highest BCUT2D eigenvalue weighted by molar-refractivity contribution is 7.98. The Hall–Kier alpha value is -1.55. The molecule has 0 bridgehead atoms. The topological polar surface area (TPSA) is 26.0 Å². The molecule has 0 amide bonds. The van der Waals surface area contributed by atoms with Gasteiger partial charge in [0.1, 0.15) is 0 Å². The van der Waals surface area contributed by atoms with Gasteiger partial charge in [-0.15, -0.1) is 11.8 Å². The molecule has 106 valence electrons. The molecule has 4 heteroatoms. The van der Waals surface area contributed by atoms with Gasteiger partial charge in [-0.2, -0.15) is 0 Å². The number of hydrogen-bond donors (Lipinski definition) is 1. The Bertz CT molecular complexity index is 591. The smallest absolute Gasteiger partial charge is 0.265 e. The van der Waals surface area contributed by atoms with Gasteiger partial charge >= 0.3 is 0 Å². The second-order valence-electron chi connectivity index (χ2n) is 4.88. The van der Waals surface area contributed by atoms with Crippen LogP contribution < -0.4 is 5.73 Å². The van der Waals surface area contributed by atoms with Crippen LogP contribution >= 0.6 is 11.8 Å². The fourth-order valence-corrected chi connectivity index (χ4v) is 3.15. The van der Waals surface area contributed by atoms with Gasteiger partial charge in [-0.1, -0.05) is 29.3 Å². The molecule has 0 aliphatic heterocycles. The summed E-state index contributed by atoms with van der Waals surface area (Å²) in [4.78, 5) is 0.591. The number of aryl methyl sites for hydroxylation is 2. The number of rotatable bonds is 4. The van der Waals surface area contributed by atoms with E-state index in [4.69, 9.17) is 5.73 Å². The van der Waals surface area contributed by atoms with Crippen molar-refractivity contribution >= 4 is 17.4 Å². The molecular weight excluding hydrogens is 276 g/mol. The lowest BCUT2D eigenvalue weighted by Gasteiger charge is -2.10. The number of nitrogens with two attached hydrogens (primary N) is 1. The van der Waals surface area contributed by atoms with Gasteiger partial charge in [-0.05, 0) is 37.6 Å². The van der Waals surface area contributed by atoms with Crippen molar-refractivity contribution in [2.75, 3.05) is 5.73 Å². The van der Waals surface area contributed by atoms with Gasteiger partial charge < -0.3 is 5.73 Å². The van der Waals surface area contributed by atoms with Crippen molar-refractivity contribution in [2.24, 2.45) is 0 Å². The molecule has 0 aromatic heterocycles. The summed E-state index contributed by atoms with van der Waals surface area (Å²) in [5.41, 5.74) is 9.47. The standard InChI is InChI=1S/C16H17F2NS/c1-10-5-11(2)7-12(6-10)9-20-15-4-3-13(19)8-14(15)16(17)18/h3-8,16H,9,19H2,1-2H3. The monoisotopic (exact) mass is 293 g/mol. The Morgan fingerprint density at radius 1 is 1.05 bits per heavy atom. The van der Waals surface area contributed by atoms with Crippen LogP contribution in [0.4, 0.5) is 14.5 Å². The molecule has 20 heavy (non-hydrogen) atoms. The van der Waals surface area contributed by atoms with Crippen molar-refractivity contribution < 1.29 is 8.78 Å². The van der Waals surface area contributed by atoms with Gasteiger partial charge in [-0.25, -0.2) is 8.78 Å². The molecule has 2 aromatic rings. The Morgan fingerprint density at radius 2 is 1.70 bits per heavy atom. The third kappa shape index (κ3) is 3.73. The zero-order valence-corrected chi connectivity index (χ0v) is 12.3. The first-order chi connectivity index (χ1) is 9.45. The Balaban J connectivity index is 2.18. The predicted molar refractivity (Wildman–Crippen MR) is 81.3 cm³/mol. The lowest BCUT2D eigenvalue weighted by Crippen LogP contribution is -1.93. The van der Waals surface area contributed by atoms with Crippen molar-refractivity contribution in [1.82, 2.24) is 0 Å². The van der Waals surface area contributed by atoms with Crippen LogP contribution in [-0.2, 0) is 5.75 Å². The molecule has 0 atom stereocenters. The maximum absolute atomic E-state index is 13.0. The molecule has 0 saturated carbocycles. The number of benzene rings is 2. The van der Waals surface area contributed by atoms with E-state index in [1.54, 1.807) is 12.1 Å². The van der Waals surface area contributed by atoms with Crippen molar-refractivity contribution in [1.29, 1.82) is 0 Å². The predicted octanol–water partition coefficient (Wildman–Crippen LogP) is 5.12. The minimum Gasteiger partial charge on any atom is -0.399 e. The summed E-state index contributed by atoms with van der Waals surface area (Å²) in [6, 6.07) is 11.0. The van der Waals surface area contributed by atoms with Crippen LogP contribution in [0, 0.1) is 13.8 Å². The molecule has 0 radical (unpaired) electrons. The molecule has 0 fully saturated rings. The first kappa shape index (κ1) is 14.9. The minimum atomic E-state index is -2.50. The highest BCUT2D eigenvalue weighted by atomic mass is 32.2. The number of thioether (sulfide) groups is 1. The Kier molecular flexibility index (Phi) is 4.65. The Morgan fingerprint density at radius 3 is 2.30 bits per heavy atom. The molecule has 1 nitrogen and oxygen atoms in total. The van der Waals surface area contributed by atoms with Crippen molar-refractivity contribution in [3.05, 3.63) is 58.7 Å². The fourth-order valence-electron chi connectivity index (χ4n) is 2.18. The summed E-state index contributed by atoms with van der Waals surface area (Å²) >= 11 is 1.42. The SMILES string of the molecule is Cc1cc(C)cc(CSc2ccc(N)cc2C(F)F)c1. The molecule has 0 aliphatic rings. The minimum absolute atomic E-state index is 0.0133. The number of anilines is 1. The van der Waals surface area contributed by atoms with Gasteiger partial charge in [0.2, 0.25) is 0 Å². The molecule has 0 spiro atoms. The summed E-state index contributed by atoms with van der Waals surface area (Å²) in [6.45, 7) is 4.07. The number of alkyl halides is 2. The summed E-state index contributed by atoms with van der Waals surface area (Å²) in [5.74, 6) is 0.673. The van der Waals surface area contributed by atoms with Crippen LogP contribution in [0.15, 0.2) is 41.3 Å². The van der Waals surface area contributed by atoms with Crippen LogP contribution in [0.25, 0.3) is 0 Å². The van der Waals surface area contributed by atoms with Crippen molar-refractivity contribution in [2.45, 2.75) is 30.9 Å². The molecule has 2 N–H and O–H groups in total. The molecule has 2 aromatic carbocycles. The third-order valence-corrected chi connectivity index (χ3v) is 4.11. The summed E-state index contributed by atoms with van der Waals surface area (Å²) < 4.78 is 26.0. The number of hydrogen-bond acceptors (Lipinski definition) is 2. The van der Waals surface area contributed by atoms with E-state index in [1.165, 1.54) is 29.0 Å². The fraction of sp³-hybridized carbons (Fsp3) is 0.250. The lowest BCUT2D eigenvalue weighted by atomic mass is 10.1. The first-order valence-corrected chi connectivity index (χ1v) is 7.32. The lowest BCUT2D eigenvalue weighted by molar-refractivity contribution is 0.148. The molecule has 0 heterocycles. The zero-order valence-electron chi connectivity index (χ0n) is 11.5. The molecule has 0 unspecified atom stereocenters. The van der Waals surface area contributed by atoms with Crippen molar-refractivity contribution in [3.8, 4) is 0 Å². The van der Waals surface area contributed by atoms with Crippen LogP contribution in [0.3, 0.4) is 0 Å². The first-order valence-electron chi connectivity index (χ1n) is 6.33. The van der Waals surface area contributed by atoms with Crippen molar-refractivity contribution in [3.63, 3.8) is 0 Å². The van der Waals surface area contributed by atoms with E-state index in [-0.39, 0.29) is 5.56 Å². The zero-order chi connectivity index (χ0) is 14.7. The average Bonchev–Trinajstić information content (AvgIpc) is 2.36. The highest BCUT2D eigenvalue weighted by Gasteiger charge is 2.13. The third-order valence-electron chi connectivity index (χ3n) is 2.94. The summed E-state index contributed by atoms with van der Waals surface area (Å²) in [7, 11) is 0. The normalized spacial score (nSPS) is 11.1. The molecule has 2 rings (SSSR count). The quantitative estimate of drug-likeness (QED) is 0.625. The maximum atomic E-state index is 13.0. The van der Waals surface area contributed by atoms with E-state index in [0.29, 0.717) is 16.3 Å². The van der Waals surface area contributed by atoms with Crippen LogP contribution in [-0.4, -0.2) is 0 Å². The van der Waals surface area contributed by atoms with E-state index < -0.39 is 6.43 Å². The van der Waals surface area contributed by atoms with E-state index >= 15 is 0 Å². The van der Waals surface area contributed by atoms with E-state index in [2.05, 4.69) is 18.2 Å². The van der Waals surface area contributed by atoms with E-state index in [0.717, 1.165) is 5.56 Å². The summed E-state index contributed by atoms with van der Waals surface area (Å²) in [5, 5.41) is 0. The van der Waals surface area contributed by atoms with Gasteiger partial charge in [-0.3, -0.25) is 0 Å². The molecular formula is C16H17F2NS. The molecule has 0 aliphatic carbocycles. The van der Waals surface area contributed by atoms with E-state index in [1.807, 2.05) is 13.8 Å². The van der Waals surface area contributed by atoms with Gasteiger partial charge in [0, 0.05) is 21.9 Å². The average molecular weight is 293 g/mol. The van der Waals surface area contributed by atoms with Gasteiger partial charge in [0.25, 0.3) is 6.43 Å². The largest absolute Gasteiger partial charge is 0.399 e. The van der Waals surface area contributed by atoms with Gasteiger partial charge in [0.15, 0.2) is 0 Å².